The van der Waals surface area contributed by atoms with Crippen molar-refractivity contribution in [1.82, 2.24) is 9.80 Å². The first-order chi connectivity index (χ1) is 16.4. The number of anilines is 2. The highest BCUT2D eigenvalue weighted by molar-refractivity contribution is 7.12. The van der Waals surface area contributed by atoms with Crippen LogP contribution < -0.4 is 10.6 Å². The molecule has 1 aliphatic rings. The van der Waals surface area contributed by atoms with E-state index < -0.39 is 0 Å². The van der Waals surface area contributed by atoms with Gasteiger partial charge in [0.15, 0.2) is 0 Å². The third-order valence-corrected chi connectivity index (χ3v) is 6.92. The highest BCUT2D eigenvalue weighted by Gasteiger charge is 2.25. The van der Waals surface area contributed by atoms with Crippen LogP contribution in [0, 0.1) is 13.8 Å². The molecule has 0 radical (unpaired) electrons. The summed E-state index contributed by atoms with van der Waals surface area (Å²) < 4.78 is 0. The lowest BCUT2D eigenvalue weighted by molar-refractivity contribution is -0.117. The monoisotopic (exact) mass is 476 g/mol. The van der Waals surface area contributed by atoms with E-state index >= 15 is 0 Å². The second-order valence-electron chi connectivity index (χ2n) is 8.34. The topological polar surface area (TPSA) is 81.8 Å². The molecule has 2 aromatic carbocycles. The fourth-order valence-electron chi connectivity index (χ4n) is 3.93. The fourth-order valence-corrected chi connectivity index (χ4v) is 4.55. The lowest BCUT2D eigenvalue weighted by Crippen LogP contribution is -2.50. The number of carbonyl (C=O) groups is 3. The molecule has 7 nitrogen and oxygen atoms in total. The largest absolute Gasteiger partial charge is 0.336 e. The molecule has 1 aromatic heterocycles. The Morgan fingerprint density at radius 3 is 2.32 bits per heavy atom. The number of aryl methyl sites for hydroxylation is 1. The third kappa shape index (κ3) is 5.52. The average Bonchev–Trinajstić information content (AvgIpc) is 3.38. The van der Waals surface area contributed by atoms with Crippen LogP contribution in [0.15, 0.2) is 60.0 Å². The summed E-state index contributed by atoms with van der Waals surface area (Å²) in [5.41, 5.74) is 4.00. The third-order valence-electron chi connectivity index (χ3n) is 6.06. The molecular weight excluding hydrogens is 448 g/mol. The predicted octanol–water partition coefficient (Wildman–Crippen LogP) is 4.01. The molecule has 0 saturated carbocycles. The van der Waals surface area contributed by atoms with E-state index in [1.165, 1.54) is 11.3 Å². The second kappa shape index (κ2) is 10.6. The number of amides is 3. The quantitative estimate of drug-likeness (QED) is 0.563. The van der Waals surface area contributed by atoms with Crippen LogP contribution in [-0.4, -0.2) is 60.2 Å². The summed E-state index contributed by atoms with van der Waals surface area (Å²) in [6.07, 6.45) is 0. The van der Waals surface area contributed by atoms with Crippen molar-refractivity contribution in [2.45, 2.75) is 13.8 Å². The van der Waals surface area contributed by atoms with Gasteiger partial charge in [0, 0.05) is 31.9 Å². The molecule has 8 heteroatoms. The smallest absolute Gasteiger partial charge is 0.265 e. The van der Waals surface area contributed by atoms with Gasteiger partial charge in [0.1, 0.15) is 0 Å². The number of hydrogen-bond acceptors (Lipinski definition) is 5. The standard InChI is InChI=1S/C26H28N4O3S/c1-18-7-5-10-21(19(18)2)27-24(31)17-29-12-14-30(15-13-29)26(33)20-8-3-4-9-22(20)28-25(32)23-11-6-16-34-23/h3-11,16H,12-15,17H2,1-2H3,(H,27,31)(H,28,32). The number of carbonyl (C=O) groups excluding carboxylic acids is 3. The normalized spacial score (nSPS) is 14.0. The van der Waals surface area contributed by atoms with Crippen LogP contribution in [0.2, 0.25) is 0 Å². The lowest BCUT2D eigenvalue weighted by atomic mass is 10.1. The van der Waals surface area contributed by atoms with E-state index in [0.29, 0.717) is 42.3 Å². The summed E-state index contributed by atoms with van der Waals surface area (Å²) in [7, 11) is 0. The minimum atomic E-state index is -0.227. The molecule has 3 amide bonds. The van der Waals surface area contributed by atoms with Gasteiger partial charge in [-0.15, -0.1) is 11.3 Å². The van der Waals surface area contributed by atoms with Crippen molar-refractivity contribution in [3.63, 3.8) is 0 Å². The Labute approximate surface area is 203 Å². The number of piperazine rings is 1. The first-order valence-corrected chi connectivity index (χ1v) is 12.1. The van der Waals surface area contributed by atoms with E-state index in [-0.39, 0.29) is 24.3 Å². The zero-order valence-electron chi connectivity index (χ0n) is 19.3. The van der Waals surface area contributed by atoms with Crippen LogP contribution in [-0.2, 0) is 4.79 Å². The number of rotatable bonds is 6. The van der Waals surface area contributed by atoms with E-state index in [9.17, 15) is 14.4 Å². The Morgan fingerprint density at radius 1 is 0.853 bits per heavy atom. The lowest BCUT2D eigenvalue weighted by Gasteiger charge is -2.34. The molecule has 0 bridgehead atoms. The summed E-state index contributed by atoms with van der Waals surface area (Å²) in [6, 6.07) is 16.5. The Kier molecular flexibility index (Phi) is 7.40. The van der Waals surface area contributed by atoms with Crippen LogP contribution in [0.25, 0.3) is 0 Å². The Morgan fingerprint density at radius 2 is 1.59 bits per heavy atom. The minimum Gasteiger partial charge on any atom is -0.336 e. The molecule has 4 rings (SSSR count). The summed E-state index contributed by atoms with van der Waals surface area (Å²) in [5, 5.41) is 7.70. The molecule has 1 fully saturated rings. The van der Waals surface area contributed by atoms with Crippen molar-refractivity contribution in [3.05, 3.63) is 81.5 Å². The van der Waals surface area contributed by atoms with Gasteiger partial charge in [-0.05, 0) is 54.6 Å². The van der Waals surface area contributed by atoms with Crippen molar-refractivity contribution in [2.75, 3.05) is 43.4 Å². The van der Waals surface area contributed by atoms with E-state index in [0.717, 1.165) is 16.8 Å². The number of para-hydroxylation sites is 1. The highest BCUT2D eigenvalue weighted by Crippen LogP contribution is 2.21. The zero-order chi connectivity index (χ0) is 24.1. The number of nitrogens with zero attached hydrogens (tertiary/aromatic N) is 2. The van der Waals surface area contributed by atoms with E-state index in [4.69, 9.17) is 0 Å². The minimum absolute atomic E-state index is 0.0601. The molecule has 2 heterocycles. The van der Waals surface area contributed by atoms with Crippen LogP contribution in [0.1, 0.15) is 31.2 Å². The van der Waals surface area contributed by atoms with Crippen LogP contribution in [0.3, 0.4) is 0 Å². The second-order valence-corrected chi connectivity index (χ2v) is 9.29. The maximum absolute atomic E-state index is 13.2. The van der Waals surface area contributed by atoms with E-state index in [1.807, 2.05) is 43.5 Å². The molecule has 3 aromatic rings. The molecule has 1 saturated heterocycles. The van der Waals surface area contributed by atoms with Gasteiger partial charge in [-0.25, -0.2) is 0 Å². The fraction of sp³-hybridized carbons (Fsp3) is 0.269. The van der Waals surface area contributed by atoms with Crippen LogP contribution in [0.5, 0.6) is 0 Å². The Balaban J connectivity index is 1.33. The highest BCUT2D eigenvalue weighted by atomic mass is 32.1. The number of benzene rings is 2. The van der Waals surface area contributed by atoms with Gasteiger partial charge in [0.25, 0.3) is 11.8 Å². The molecule has 1 aliphatic heterocycles. The van der Waals surface area contributed by atoms with Crippen LogP contribution >= 0.6 is 11.3 Å². The van der Waals surface area contributed by atoms with E-state index in [2.05, 4.69) is 15.5 Å². The summed E-state index contributed by atoms with van der Waals surface area (Å²) in [4.78, 5) is 42.6. The molecule has 0 atom stereocenters. The van der Waals surface area contributed by atoms with Gasteiger partial charge in [-0.2, -0.15) is 0 Å². The number of nitrogens with one attached hydrogen (secondary N) is 2. The van der Waals surface area contributed by atoms with Crippen molar-refractivity contribution in [1.29, 1.82) is 0 Å². The molecule has 34 heavy (non-hydrogen) atoms. The van der Waals surface area contributed by atoms with Gasteiger partial charge in [0.2, 0.25) is 5.91 Å². The average molecular weight is 477 g/mol. The molecule has 176 valence electrons. The molecule has 0 aliphatic carbocycles. The maximum atomic E-state index is 13.2. The van der Waals surface area contributed by atoms with Gasteiger partial charge < -0.3 is 15.5 Å². The molecule has 2 N–H and O–H groups in total. The van der Waals surface area contributed by atoms with Gasteiger partial charge >= 0.3 is 0 Å². The Bertz CT molecular complexity index is 1180. The SMILES string of the molecule is Cc1cccc(NC(=O)CN2CCN(C(=O)c3ccccc3NC(=O)c3cccs3)CC2)c1C. The summed E-state index contributed by atoms with van der Waals surface area (Å²) >= 11 is 1.35. The predicted molar refractivity (Wildman–Crippen MR) is 136 cm³/mol. The Hall–Kier alpha value is -3.49. The molecule has 0 spiro atoms. The first-order valence-electron chi connectivity index (χ1n) is 11.2. The summed E-state index contributed by atoms with van der Waals surface area (Å²) in [6.45, 7) is 6.54. The van der Waals surface area contributed by atoms with Gasteiger partial charge in [-0.3, -0.25) is 19.3 Å². The van der Waals surface area contributed by atoms with Crippen molar-refractivity contribution in [3.8, 4) is 0 Å². The van der Waals surface area contributed by atoms with Crippen molar-refractivity contribution in [2.24, 2.45) is 0 Å². The molecule has 0 unspecified atom stereocenters. The van der Waals surface area contributed by atoms with E-state index in [1.54, 1.807) is 35.2 Å². The maximum Gasteiger partial charge on any atom is 0.265 e. The van der Waals surface area contributed by atoms with Crippen molar-refractivity contribution < 1.29 is 14.4 Å². The van der Waals surface area contributed by atoms with Gasteiger partial charge in [-0.1, -0.05) is 30.3 Å². The van der Waals surface area contributed by atoms with Crippen molar-refractivity contribution >= 4 is 40.4 Å². The number of hydrogen-bond donors (Lipinski definition) is 2. The van der Waals surface area contributed by atoms with Crippen LogP contribution in [0.4, 0.5) is 11.4 Å². The molecular formula is C26H28N4O3S. The van der Waals surface area contributed by atoms with Gasteiger partial charge in [0.05, 0.1) is 22.7 Å². The summed E-state index contributed by atoms with van der Waals surface area (Å²) in [5.74, 6) is -0.411. The first kappa shape index (κ1) is 23.7. The number of thiophene rings is 1. The zero-order valence-corrected chi connectivity index (χ0v) is 20.2.